The van der Waals surface area contributed by atoms with Crippen LogP contribution in [0, 0.1) is 0 Å². The molecule has 254 valence electrons. The molecule has 0 spiro atoms. The normalized spacial score (nSPS) is 13.1. The third-order valence-electron chi connectivity index (χ3n) is 10.4. The summed E-state index contributed by atoms with van der Waals surface area (Å²) in [4.78, 5) is 10.8. The van der Waals surface area contributed by atoms with E-state index in [1.54, 1.807) is 0 Å². The molecule has 10 rings (SSSR count). The largest absolute Gasteiger partial charge is 0.456 e. The highest BCUT2D eigenvalue weighted by atomic mass is 16.3. The van der Waals surface area contributed by atoms with Gasteiger partial charge >= 0.3 is 0 Å². The van der Waals surface area contributed by atoms with Crippen LogP contribution in [0.2, 0.25) is 0 Å². The van der Waals surface area contributed by atoms with Crippen LogP contribution in [0.4, 0.5) is 0 Å². The van der Waals surface area contributed by atoms with Crippen LogP contribution in [0.1, 0.15) is 23.1 Å². The average molecular weight is 691 g/mol. The molecule has 0 radical (unpaired) electrons. The number of nitrogens with zero attached hydrogens (tertiary/aromatic N) is 2. The second-order valence-electron chi connectivity index (χ2n) is 13.7. The van der Waals surface area contributed by atoms with Crippen molar-refractivity contribution in [1.82, 2.24) is 0 Å². The highest BCUT2D eigenvalue weighted by molar-refractivity contribution is 6.23. The number of fused-ring (bicyclic) bond motifs is 4. The zero-order valence-corrected chi connectivity index (χ0v) is 29.5. The maximum absolute atomic E-state index is 6.58. The van der Waals surface area contributed by atoms with Crippen LogP contribution in [-0.2, 0) is 0 Å². The molecule has 0 N–H and O–H groups in total. The molecule has 1 aliphatic rings. The van der Waals surface area contributed by atoms with Gasteiger partial charge in [0.1, 0.15) is 11.2 Å². The van der Waals surface area contributed by atoms with Gasteiger partial charge in [0.05, 0.1) is 11.4 Å². The minimum Gasteiger partial charge on any atom is -0.456 e. The first-order chi connectivity index (χ1) is 26.7. The monoisotopic (exact) mass is 690 g/mol. The predicted molar refractivity (Wildman–Crippen MR) is 226 cm³/mol. The summed E-state index contributed by atoms with van der Waals surface area (Å²) in [6, 6.07) is 66.1. The van der Waals surface area contributed by atoms with Gasteiger partial charge in [0, 0.05) is 22.8 Å². The van der Waals surface area contributed by atoms with Crippen molar-refractivity contribution >= 4 is 50.0 Å². The molecule has 1 aromatic heterocycles. The van der Waals surface area contributed by atoms with Crippen LogP contribution in [0.25, 0.3) is 71.8 Å². The maximum atomic E-state index is 6.58. The lowest BCUT2D eigenvalue weighted by atomic mass is 9.94. The van der Waals surface area contributed by atoms with E-state index in [0.717, 1.165) is 61.2 Å². The molecule has 3 nitrogen and oxygen atoms in total. The van der Waals surface area contributed by atoms with Crippen LogP contribution in [0.3, 0.4) is 0 Å². The predicted octanol–water partition coefficient (Wildman–Crippen LogP) is 13.4. The molecule has 54 heavy (non-hydrogen) atoms. The van der Waals surface area contributed by atoms with E-state index >= 15 is 0 Å². The van der Waals surface area contributed by atoms with Crippen LogP contribution >= 0.6 is 0 Å². The number of allylic oxidation sites excluding steroid dienone is 1. The van der Waals surface area contributed by atoms with Gasteiger partial charge in [-0.15, -0.1) is 0 Å². The van der Waals surface area contributed by atoms with E-state index in [0.29, 0.717) is 12.3 Å². The number of furan rings is 1. The molecule has 2 heterocycles. The molecule has 0 aliphatic carbocycles. The molecule has 1 aliphatic heterocycles. The summed E-state index contributed by atoms with van der Waals surface area (Å²) in [5.74, 6) is 0.663. The molecular formula is C51H34N2O. The van der Waals surface area contributed by atoms with Crippen LogP contribution in [-0.4, -0.2) is 11.5 Å². The molecule has 0 unspecified atom stereocenters. The standard InChI is InChI=1S/C51H34N2O/c1-3-12-34(13-4-1)35-24-28-40(29-25-35)47-31-30-46(39-15-5-2-6-16-39)52-51(53-47)45-32-41(33-49-50(45)44-19-9-10-21-48(44)54-49)36-22-26-38(27-23-36)43-20-11-17-37-14-7-8-18-42(37)43/h1-29,31-33H,30H2. The van der Waals surface area contributed by atoms with E-state index in [-0.39, 0.29) is 0 Å². The number of amidine groups is 1. The summed E-state index contributed by atoms with van der Waals surface area (Å²) in [6.45, 7) is 0. The fourth-order valence-corrected chi connectivity index (χ4v) is 7.65. The summed E-state index contributed by atoms with van der Waals surface area (Å²) in [7, 11) is 0. The third kappa shape index (κ3) is 5.82. The second-order valence-corrected chi connectivity index (χ2v) is 13.7. The number of hydrogen-bond donors (Lipinski definition) is 0. The van der Waals surface area contributed by atoms with Crippen molar-refractivity contribution in [2.24, 2.45) is 9.98 Å². The Hall–Kier alpha value is -7.10. The fraction of sp³-hybridized carbons (Fsp3) is 0.0196. The first-order valence-electron chi connectivity index (χ1n) is 18.4. The summed E-state index contributed by atoms with van der Waals surface area (Å²) >= 11 is 0. The van der Waals surface area contributed by atoms with Gasteiger partial charge in [-0.05, 0) is 73.5 Å². The molecule has 3 heteroatoms. The molecule has 0 bridgehead atoms. The van der Waals surface area contributed by atoms with Crippen molar-refractivity contribution in [2.45, 2.75) is 6.42 Å². The summed E-state index contributed by atoms with van der Waals surface area (Å²) in [6.07, 6.45) is 2.86. The Morgan fingerprint density at radius 3 is 1.76 bits per heavy atom. The van der Waals surface area contributed by atoms with Crippen molar-refractivity contribution in [3.8, 4) is 33.4 Å². The van der Waals surface area contributed by atoms with Crippen LogP contribution in [0.5, 0.6) is 0 Å². The number of rotatable bonds is 6. The van der Waals surface area contributed by atoms with Crippen molar-refractivity contribution in [3.63, 3.8) is 0 Å². The van der Waals surface area contributed by atoms with E-state index in [1.165, 1.54) is 33.0 Å². The zero-order valence-electron chi connectivity index (χ0n) is 29.5. The van der Waals surface area contributed by atoms with E-state index in [9.17, 15) is 0 Å². The van der Waals surface area contributed by atoms with Crippen LogP contribution < -0.4 is 0 Å². The van der Waals surface area contributed by atoms with Gasteiger partial charge in [0.15, 0.2) is 5.84 Å². The number of benzene rings is 8. The lowest BCUT2D eigenvalue weighted by Gasteiger charge is -2.11. The Balaban J connectivity index is 1.13. The fourth-order valence-electron chi connectivity index (χ4n) is 7.65. The molecule has 0 amide bonds. The molecule has 0 saturated heterocycles. The molecule has 0 fully saturated rings. The SMILES string of the molecule is C1=C(c2ccc(-c3ccccc3)cc2)N=C(c2cc(-c3ccc(-c4cccc5ccccc45)cc3)cc3oc4ccccc4c23)N=C(c2ccccc2)C1. The van der Waals surface area contributed by atoms with Gasteiger partial charge in [0.2, 0.25) is 0 Å². The second kappa shape index (κ2) is 13.5. The Morgan fingerprint density at radius 2 is 0.981 bits per heavy atom. The van der Waals surface area contributed by atoms with Gasteiger partial charge in [-0.2, -0.15) is 0 Å². The van der Waals surface area contributed by atoms with Crippen molar-refractivity contribution in [2.75, 3.05) is 0 Å². The van der Waals surface area contributed by atoms with E-state index in [2.05, 4.69) is 170 Å². The average Bonchev–Trinajstić information content (AvgIpc) is 3.48. The van der Waals surface area contributed by atoms with E-state index < -0.39 is 0 Å². The third-order valence-corrected chi connectivity index (χ3v) is 10.4. The van der Waals surface area contributed by atoms with Crippen molar-refractivity contribution < 1.29 is 4.42 Å². The van der Waals surface area contributed by atoms with E-state index in [1.807, 2.05) is 24.3 Å². The summed E-state index contributed by atoms with van der Waals surface area (Å²) < 4.78 is 6.58. The first-order valence-corrected chi connectivity index (χ1v) is 18.4. The number of hydrogen-bond acceptors (Lipinski definition) is 3. The lowest BCUT2D eigenvalue weighted by molar-refractivity contribution is 0.669. The van der Waals surface area contributed by atoms with Crippen molar-refractivity contribution in [3.05, 3.63) is 211 Å². The number of para-hydroxylation sites is 1. The topological polar surface area (TPSA) is 37.9 Å². The van der Waals surface area contributed by atoms with Gasteiger partial charge < -0.3 is 4.42 Å². The Bertz CT molecular complexity index is 2910. The maximum Gasteiger partial charge on any atom is 0.160 e. The Kier molecular flexibility index (Phi) is 7.88. The molecular weight excluding hydrogens is 657 g/mol. The quantitative estimate of drug-likeness (QED) is 0.171. The lowest BCUT2D eigenvalue weighted by Crippen LogP contribution is -2.05. The van der Waals surface area contributed by atoms with Crippen molar-refractivity contribution in [1.29, 1.82) is 0 Å². The molecule has 0 saturated carbocycles. The van der Waals surface area contributed by atoms with Gasteiger partial charge in [0.25, 0.3) is 0 Å². The van der Waals surface area contributed by atoms with Gasteiger partial charge in [-0.1, -0.05) is 176 Å². The summed E-state index contributed by atoms with van der Waals surface area (Å²) in [5.41, 5.74) is 13.5. The Morgan fingerprint density at radius 1 is 0.389 bits per heavy atom. The van der Waals surface area contributed by atoms with E-state index in [4.69, 9.17) is 14.4 Å². The van der Waals surface area contributed by atoms with Gasteiger partial charge in [-0.3, -0.25) is 0 Å². The highest BCUT2D eigenvalue weighted by Gasteiger charge is 2.21. The summed E-state index contributed by atoms with van der Waals surface area (Å²) in [5, 5.41) is 4.54. The zero-order chi connectivity index (χ0) is 35.8. The molecule has 9 aromatic rings. The number of aliphatic imine (C=N–C) groups is 2. The minimum absolute atomic E-state index is 0.650. The first kappa shape index (κ1) is 31.6. The van der Waals surface area contributed by atoms with Crippen LogP contribution in [0.15, 0.2) is 209 Å². The minimum atomic E-state index is 0.650. The molecule has 0 atom stereocenters. The highest BCUT2D eigenvalue weighted by Crippen LogP contribution is 2.38. The Labute approximate surface area is 313 Å². The molecule has 8 aromatic carbocycles. The smallest absolute Gasteiger partial charge is 0.160 e. The van der Waals surface area contributed by atoms with Gasteiger partial charge in [-0.25, -0.2) is 9.98 Å².